The molecule has 0 radical (unpaired) electrons. The Morgan fingerprint density at radius 2 is 1.85 bits per heavy atom. The number of sulfonamides is 1. The molecule has 0 aliphatic carbocycles. The van der Waals surface area contributed by atoms with Crippen LogP contribution in [0.15, 0.2) is 51.8 Å². The van der Waals surface area contributed by atoms with Gasteiger partial charge in [0, 0.05) is 0 Å². The molecule has 0 atom stereocenters. The van der Waals surface area contributed by atoms with Crippen LogP contribution in [0, 0.1) is 6.92 Å². The van der Waals surface area contributed by atoms with Gasteiger partial charge in [0.05, 0.1) is 29.3 Å². The van der Waals surface area contributed by atoms with Crippen LogP contribution in [0.4, 0.5) is 0 Å². The quantitative estimate of drug-likeness (QED) is 0.608. The van der Waals surface area contributed by atoms with Crippen LogP contribution >= 0.6 is 11.3 Å². The van der Waals surface area contributed by atoms with Gasteiger partial charge < -0.3 is 14.0 Å². The normalized spacial score (nSPS) is 12.3. The fraction of sp³-hybridized carbons (Fsp3) is 0.222. The number of aryl methyl sites for hydroxylation is 1. The minimum atomic E-state index is -3.93. The number of carbonyl (C=O) groups is 1. The summed E-state index contributed by atoms with van der Waals surface area (Å²) in [7, 11) is -1.10. The average Bonchev–Trinajstić information content (AvgIpc) is 2.97. The molecule has 0 unspecified atom stereocenters. The van der Waals surface area contributed by atoms with Crippen molar-refractivity contribution in [3.05, 3.63) is 52.8 Å². The van der Waals surface area contributed by atoms with Gasteiger partial charge in [-0.25, -0.2) is 0 Å². The van der Waals surface area contributed by atoms with Gasteiger partial charge in [0.15, 0.2) is 0 Å². The summed E-state index contributed by atoms with van der Waals surface area (Å²) in [6.45, 7) is 1.72. The third kappa shape index (κ3) is 4.04. The number of esters is 1. The molecule has 0 saturated carbocycles. The number of rotatable bonds is 5. The Morgan fingerprint density at radius 1 is 1.15 bits per heavy atom. The van der Waals surface area contributed by atoms with E-state index < -0.39 is 16.0 Å². The van der Waals surface area contributed by atoms with Crippen LogP contribution in [0.25, 0.3) is 10.2 Å². The standard InChI is InChI=1S/C18H18N2O5S2/c1-12-4-7-14(8-5-12)27(22,23)19-18-20(11-17(21)25-3)15-9-6-13(24-2)10-16(15)26-18/h4-10H,11H2,1-3H3. The molecule has 0 aliphatic heterocycles. The van der Waals surface area contributed by atoms with Gasteiger partial charge in [0.1, 0.15) is 12.3 Å². The minimum absolute atomic E-state index is 0.0905. The van der Waals surface area contributed by atoms with Gasteiger partial charge >= 0.3 is 5.97 Å². The van der Waals surface area contributed by atoms with Crippen LogP contribution in [0.1, 0.15) is 5.56 Å². The highest BCUT2D eigenvalue weighted by atomic mass is 32.2. The molecule has 27 heavy (non-hydrogen) atoms. The van der Waals surface area contributed by atoms with E-state index in [2.05, 4.69) is 4.40 Å². The number of hydrogen-bond donors (Lipinski definition) is 0. The molecule has 0 aliphatic rings. The Hall–Kier alpha value is -2.65. The maximum Gasteiger partial charge on any atom is 0.325 e. The summed E-state index contributed by atoms with van der Waals surface area (Å²) in [5.41, 5.74) is 1.62. The molecule has 0 spiro atoms. The van der Waals surface area contributed by atoms with Crippen molar-refractivity contribution in [2.75, 3.05) is 14.2 Å². The van der Waals surface area contributed by atoms with Gasteiger partial charge in [0.25, 0.3) is 10.0 Å². The van der Waals surface area contributed by atoms with Gasteiger partial charge in [-0.3, -0.25) is 4.79 Å². The lowest BCUT2D eigenvalue weighted by Crippen LogP contribution is -2.22. The number of thiazole rings is 1. The van der Waals surface area contributed by atoms with Gasteiger partial charge in [-0.15, -0.1) is 4.40 Å². The van der Waals surface area contributed by atoms with Crippen molar-refractivity contribution >= 4 is 37.5 Å². The highest BCUT2D eigenvalue weighted by Gasteiger charge is 2.16. The van der Waals surface area contributed by atoms with E-state index in [0.717, 1.165) is 21.6 Å². The van der Waals surface area contributed by atoms with Gasteiger partial charge in [0.2, 0.25) is 4.80 Å². The molecular formula is C18H18N2O5S2. The van der Waals surface area contributed by atoms with Crippen LogP contribution in [-0.2, 0) is 26.1 Å². The lowest BCUT2D eigenvalue weighted by Gasteiger charge is -2.05. The summed E-state index contributed by atoms with van der Waals surface area (Å²) in [5, 5.41) is 0. The van der Waals surface area contributed by atoms with Crippen molar-refractivity contribution in [2.24, 2.45) is 4.40 Å². The molecule has 142 valence electrons. The molecule has 0 amide bonds. The van der Waals surface area contributed by atoms with Gasteiger partial charge in [-0.1, -0.05) is 29.0 Å². The van der Waals surface area contributed by atoms with E-state index in [9.17, 15) is 13.2 Å². The summed E-state index contributed by atoms with van der Waals surface area (Å²) >= 11 is 1.16. The number of ether oxygens (including phenoxy) is 2. The Kier molecular flexibility index (Phi) is 5.33. The summed E-state index contributed by atoms with van der Waals surface area (Å²) in [4.78, 5) is 12.1. The predicted molar refractivity (Wildman–Crippen MR) is 102 cm³/mol. The molecule has 9 heteroatoms. The molecular weight excluding hydrogens is 388 g/mol. The Bertz CT molecular complexity index is 1160. The van der Waals surface area contributed by atoms with Crippen molar-refractivity contribution in [1.82, 2.24) is 4.57 Å². The second-order valence-corrected chi connectivity index (χ2v) is 8.37. The summed E-state index contributed by atoms with van der Waals surface area (Å²) in [5.74, 6) is 0.126. The lowest BCUT2D eigenvalue weighted by atomic mass is 10.2. The van der Waals surface area contributed by atoms with Gasteiger partial charge in [-0.2, -0.15) is 8.42 Å². The van der Waals surface area contributed by atoms with E-state index >= 15 is 0 Å². The molecule has 3 rings (SSSR count). The SMILES string of the molecule is COC(=O)Cn1c(=NS(=O)(=O)c2ccc(C)cc2)sc2cc(OC)ccc21. The Morgan fingerprint density at radius 3 is 2.48 bits per heavy atom. The summed E-state index contributed by atoms with van der Waals surface area (Å²) in [6.07, 6.45) is 0. The van der Waals surface area contributed by atoms with E-state index in [0.29, 0.717) is 11.3 Å². The fourth-order valence-electron chi connectivity index (χ4n) is 2.46. The smallest absolute Gasteiger partial charge is 0.325 e. The lowest BCUT2D eigenvalue weighted by molar-refractivity contribution is -0.141. The zero-order valence-electron chi connectivity index (χ0n) is 15.0. The number of carbonyl (C=O) groups excluding carboxylic acids is 1. The average molecular weight is 406 g/mol. The zero-order valence-corrected chi connectivity index (χ0v) is 16.6. The highest BCUT2D eigenvalue weighted by molar-refractivity contribution is 7.90. The predicted octanol–water partition coefficient (Wildman–Crippen LogP) is 2.48. The molecule has 0 fully saturated rings. The summed E-state index contributed by atoms with van der Waals surface area (Å²) < 4.78 is 41.6. The summed E-state index contributed by atoms with van der Waals surface area (Å²) in [6, 6.07) is 11.7. The van der Waals surface area contributed by atoms with Crippen LogP contribution in [0.2, 0.25) is 0 Å². The van der Waals surface area contributed by atoms with E-state index in [1.807, 2.05) is 6.92 Å². The largest absolute Gasteiger partial charge is 0.497 e. The molecule has 3 aromatic rings. The van der Waals surface area contributed by atoms with Crippen LogP contribution in [0.3, 0.4) is 0 Å². The van der Waals surface area contributed by atoms with Crippen molar-refractivity contribution in [3.8, 4) is 5.75 Å². The fourth-order valence-corrected chi connectivity index (χ4v) is 4.72. The first-order chi connectivity index (χ1) is 12.8. The number of nitrogens with zero attached hydrogens (tertiary/aromatic N) is 2. The van der Waals surface area contributed by atoms with Crippen molar-refractivity contribution in [2.45, 2.75) is 18.4 Å². The molecule has 0 saturated heterocycles. The number of methoxy groups -OCH3 is 2. The number of aromatic nitrogens is 1. The molecule has 7 nitrogen and oxygen atoms in total. The highest BCUT2D eigenvalue weighted by Crippen LogP contribution is 2.24. The van der Waals surface area contributed by atoms with Crippen LogP contribution in [0.5, 0.6) is 5.75 Å². The van der Waals surface area contributed by atoms with Crippen molar-refractivity contribution in [1.29, 1.82) is 0 Å². The second kappa shape index (κ2) is 7.53. The first-order valence-corrected chi connectivity index (χ1v) is 10.2. The molecule has 2 aromatic carbocycles. The molecule has 1 heterocycles. The third-order valence-electron chi connectivity index (χ3n) is 3.92. The van der Waals surface area contributed by atoms with E-state index in [-0.39, 0.29) is 16.2 Å². The van der Waals surface area contributed by atoms with Crippen LogP contribution in [-0.4, -0.2) is 33.2 Å². The first-order valence-electron chi connectivity index (χ1n) is 7.96. The van der Waals surface area contributed by atoms with Crippen molar-refractivity contribution in [3.63, 3.8) is 0 Å². The molecule has 0 bridgehead atoms. The topological polar surface area (TPSA) is 87.0 Å². The maximum atomic E-state index is 12.7. The molecule has 0 N–H and O–H groups in total. The second-order valence-electron chi connectivity index (χ2n) is 5.76. The van der Waals surface area contributed by atoms with E-state index in [1.165, 1.54) is 23.8 Å². The zero-order chi connectivity index (χ0) is 19.6. The number of hydrogen-bond acceptors (Lipinski definition) is 6. The Balaban J connectivity index is 2.21. The first kappa shape index (κ1) is 19.1. The monoisotopic (exact) mass is 406 g/mol. The van der Waals surface area contributed by atoms with Gasteiger partial charge in [-0.05, 0) is 37.3 Å². The van der Waals surface area contributed by atoms with Crippen molar-refractivity contribution < 1.29 is 22.7 Å². The molecule has 1 aromatic heterocycles. The van der Waals surface area contributed by atoms with E-state index in [4.69, 9.17) is 9.47 Å². The minimum Gasteiger partial charge on any atom is -0.497 e. The Labute approximate surface area is 160 Å². The number of benzene rings is 2. The van der Waals surface area contributed by atoms with E-state index in [1.54, 1.807) is 37.4 Å². The number of fused-ring (bicyclic) bond motifs is 1. The third-order valence-corrected chi connectivity index (χ3v) is 6.36. The maximum absolute atomic E-state index is 12.7. The van der Waals surface area contributed by atoms with Crippen LogP contribution < -0.4 is 9.54 Å².